The van der Waals surface area contributed by atoms with E-state index in [-0.39, 0.29) is 28.6 Å². The number of nitrogens with one attached hydrogen (secondary N) is 1. The van der Waals surface area contributed by atoms with E-state index in [1.54, 1.807) is 30.3 Å². The van der Waals surface area contributed by atoms with Gasteiger partial charge >= 0.3 is 12.1 Å². The largest absolute Gasteiger partial charge is 0.481 e. The normalized spacial score (nSPS) is 17.7. The Morgan fingerprint density at radius 1 is 0.946 bits per heavy atom. The molecule has 0 amide bonds. The molecule has 6 nitrogen and oxygen atoms in total. The first-order chi connectivity index (χ1) is 17.6. The van der Waals surface area contributed by atoms with Crippen molar-refractivity contribution in [3.8, 4) is 11.1 Å². The first-order valence-electron chi connectivity index (χ1n) is 11.5. The molecule has 5 rings (SSSR count). The Balaban J connectivity index is 1.32. The summed E-state index contributed by atoms with van der Waals surface area (Å²) in [4.78, 5) is 28.2. The van der Waals surface area contributed by atoms with E-state index >= 15 is 0 Å². The van der Waals surface area contributed by atoms with Gasteiger partial charge in [-0.05, 0) is 54.3 Å². The number of alkyl halides is 3. The number of halogens is 4. The van der Waals surface area contributed by atoms with Crippen molar-refractivity contribution < 1.29 is 36.7 Å². The van der Waals surface area contributed by atoms with Gasteiger partial charge in [0.1, 0.15) is 11.3 Å². The van der Waals surface area contributed by atoms with Crippen LogP contribution >= 0.6 is 0 Å². The number of oxazole rings is 1. The van der Waals surface area contributed by atoms with Crippen LogP contribution in [0.25, 0.3) is 22.2 Å². The first-order valence-corrected chi connectivity index (χ1v) is 11.5. The Kier molecular flexibility index (Phi) is 6.18. The molecule has 1 aliphatic carbocycles. The van der Waals surface area contributed by atoms with Gasteiger partial charge < -0.3 is 14.8 Å². The van der Waals surface area contributed by atoms with Crippen LogP contribution in [-0.4, -0.2) is 21.8 Å². The molecule has 0 spiro atoms. The van der Waals surface area contributed by atoms with Crippen molar-refractivity contribution in [1.82, 2.24) is 4.98 Å². The van der Waals surface area contributed by atoms with Crippen molar-refractivity contribution >= 4 is 34.6 Å². The number of aromatic nitrogens is 1. The number of anilines is 2. The van der Waals surface area contributed by atoms with Gasteiger partial charge in [-0.15, -0.1) is 0 Å². The highest BCUT2D eigenvalue weighted by molar-refractivity contribution is 6.00. The van der Waals surface area contributed by atoms with E-state index in [0.717, 1.165) is 18.2 Å². The van der Waals surface area contributed by atoms with Crippen LogP contribution in [0.3, 0.4) is 0 Å². The highest BCUT2D eigenvalue weighted by Crippen LogP contribution is 2.36. The van der Waals surface area contributed by atoms with Gasteiger partial charge in [0.25, 0.3) is 6.01 Å². The molecule has 1 heterocycles. The fraction of sp³-hybridized carbons (Fsp3) is 0.222. The molecule has 10 heteroatoms. The topological polar surface area (TPSA) is 92.4 Å². The van der Waals surface area contributed by atoms with Crippen LogP contribution in [0.1, 0.15) is 35.2 Å². The number of hydrogen-bond acceptors (Lipinski definition) is 5. The molecule has 37 heavy (non-hydrogen) atoms. The number of carbonyl (C=O) groups is 2. The Morgan fingerprint density at radius 2 is 1.65 bits per heavy atom. The summed E-state index contributed by atoms with van der Waals surface area (Å²) in [5.74, 6) is -3.03. The lowest BCUT2D eigenvalue weighted by atomic mass is 9.88. The van der Waals surface area contributed by atoms with Gasteiger partial charge in [-0.25, -0.2) is 4.39 Å². The van der Waals surface area contributed by atoms with Crippen molar-refractivity contribution in [3.05, 3.63) is 77.6 Å². The molecule has 4 aromatic rings. The van der Waals surface area contributed by atoms with Crippen LogP contribution in [0.2, 0.25) is 0 Å². The summed E-state index contributed by atoms with van der Waals surface area (Å²) in [6.07, 6.45) is -2.79. The molecular weight excluding hydrogens is 492 g/mol. The van der Waals surface area contributed by atoms with Gasteiger partial charge in [0, 0.05) is 11.5 Å². The van der Waals surface area contributed by atoms with Gasteiger partial charge in [0.2, 0.25) is 0 Å². The fourth-order valence-corrected chi connectivity index (χ4v) is 4.68. The Labute approximate surface area is 207 Å². The second kappa shape index (κ2) is 9.34. The Hall–Kier alpha value is -4.21. The maximum Gasteiger partial charge on any atom is 0.416 e. The van der Waals surface area contributed by atoms with E-state index in [0.29, 0.717) is 36.0 Å². The van der Waals surface area contributed by atoms with Crippen LogP contribution in [0.15, 0.2) is 65.1 Å². The summed E-state index contributed by atoms with van der Waals surface area (Å²) in [6.45, 7) is 0. The van der Waals surface area contributed by atoms with E-state index in [1.807, 2.05) is 0 Å². The number of fused-ring (bicyclic) bond motifs is 1. The standard InChI is InChI=1S/C27H20F4N2O4/c28-20-12-16(14-4-6-15(7-5-14)24(34)18-2-1-3-19(18)25(35)36)8-10-21(20)32-26-33-22-13-17(27(29,30)31)9-11-23(22)37-26/h4-13,18-19H,1-3H2,(H,32,33)(H,35,36). The summed E-state index contributed by atoms with van der Waals surface area (Å²) in [7, 11) is 0. The second-order valence-electron chi connectivity index (χ2n) is 8.94. The number of hydrogen-bond donors (Lipinski definition) is 2. The molecule has 1 fully saturated rings. The average molecular weight is 512 g/mol. The molecule has 0 saturated heterocycles. The molecule has 0 bridgehead atoms. The monoisotopic (exact) mass is 512 g/mol. The van der Waals surface area contributed by atoms with Gasteiger partial charge in [-0.3, -0.25) is 9.59 Å². The number of Topliss-reactive ketones (excluding diaryl/α,β-unsaturated/α-hetero) is 1. The van der Waals surface area contributed by atoms with Crippen LogP contribution in [-0.2, 0) is 11.0 Å². The van der Waals surface area contributed by atoms with Crippen molar-refractivity contribution in [2.45, 2.75) is 25.4 Å². The lowest BCUT2D eigenvalue weighted by Gasteiger charge is -2.14. The predicted molar refractivity (Wildman–Crippen MR) is 127 cm³/mol. The Bertz CT molecular complexity index is 1490. The maximum absolute atomic E-state index is 14.8. The number of carboxylic acid groups (broad SMARTS) is 1. The van der Waals surface area contributed by atoms with Crippen molar-refractivity contribution in [2.75, 3.05) is 5.32 Å². The second-order valence-corrected chi connectivity index (χ2v) is 8.94. The third kappa shape index (κ3) is 4.91. The number of carboxylic acids is 1. The molecule has 2 atom stereocenters. The van der Waals surface area contributed by atoms with E-state index in [9.17, 15) is 32.3 Å². The Morgan fingerprint density at radius 3 is 2.32 bits per heavy atom. The zero-order valence-electron chi connectivity index (χ0n) is 19.2. The molecule has 0 aliphatic heterocycles. The lowest BCUT2D eigenvalue weighted by Crippen LogP contribution is -2.25. The minimum atomic E-state index is -4.52. The molecule has 1 aliphatic rings. The van der Waals surface area contributed by atoms with E-state index in [1.165, 1.54) is 12.1 Å². The predicted octanol–water partition coefficient (Wildman–Crippen LogP) is 7.08. The van der Waals surface area contributed by atoms with Gasteiger partial charge in [0.15, 0.2) is 11.4 Å². The molecular formula is C27H20F4N2O4. The third-order valence-corrected chi connectivity index (χ3v) is 6.60. The minimum absolute atomic E-state index is 0.0131. The highest BCUT2D eigenvalue weighted by atomic mass is 19.4. The fourth-order valence-electron chi connectivity index (χ4n) is 4.68. The number of carbonyl (C=O) groups excluding carboxylic acids is 1. The number of benzene rings is 3. The number of aliphatic carboxylic acids is 1. The van der Waals surface area contributed by atoms with E-state index in [4.69, 9.17) is 4.42 Å². The van der Waals surface area contributed by atoms with Crippen LogP contribution < -0.4 is 5.32 Å². The smallest absolute Gasteiger partial charge is 0.416 e. The summed E-state index contributed by atoms with van der Waals surface area (Å²) >= 11 is 0. The van der Waals surface area contributed by atoms with Crippen molar-refractivity contribution in [3.63, 3.8) is 0 Å². The lowest BCUT2D eigenvalue weighted by molar-refractivity contribution is -0.142. The molecule has 2 N–H and O–H groups in total. The van der Waals surface area contributed by atoms with E-state index < -0.39 is 35.4 Å². The minimum Gasteiger partial charge on any atom is -0.481 e. The summed E-state index contributed by atoms with van der Waals surface area (Å²) in [6, 6.07) is 13.6. The molecule has 190 valence electrons. The van der Waals surface area contributed by atoms with Gasteiger partial charge in [-0.2, -0.15) is 18.2 Å². The van der Waals surface area contributed by atoms with Gasteiger partial charge in [-0.1, -0.05) is 36.8 Å². The maximum atomic E-state index is 14.8. The number of nitrogens with zero attached hydrogens (tertiary/aromatic N) is 1. The van der Waals surface area contributed by atoms with E-state index in [2.05, 4.69) is 10.3 Å². The van der Waals surface area contributed by atoms with Crippen LogP contribution in [0.4, 0.5) is 29.3 Å². The van der Waals surface area contributed by atoms with Crippen molar-refractivity contribution in [2.24, 2.45) is 11.8 Å². The average Bonchev–Trinajstić information content (AvgIpc) is 3.51. The molecule has 3 aromatic carbocycles. The number of ketones is 1. The highest BCUT2D eigenvalue weighted by Gasteiger charge is 2.38. The summed E-state index contributed by atoms with van der Waals surface area (Å²) in [5, 5.41) is 12.0. The van der Waals surface area contributed by atoms with Gasteiger partial charge in [0.05, 0.1) is 17.2 Å². The van der Waals surface area contributed by atoms with Crippen LogP contribution in [0.5, 0.6) is 0 Å². The zero-order chi connectivity index (χ0) is 26.3. The first kappa shape index (κ1) is 24.5. The summed E-state index contributed by atoms with van der Waals surface area (Å²) < 4.78 is 59.0. The summed E-state index contributed by atoms with van der Waals surface area (Å²) in [5.41, 5.74) is 0.826. The third-order valence-electron chi connectivity index (χ3n) is 6.60. The van der Waals surface area contributed by atoms with Crippen molar-refractivity contribution in [1.29, 1.82) is 0 Å². The molecule has 2 unspecified atom stereocenters. The molecule has 1 saturated carbocycles. The quantitative estimate of drug-likeness (QED) is 0.212. The number of rotatable bonds is 6. The van der Waals surface area contributed by atoms with Crippen LogP contribution in [0, 0.1) is 17.7 Å². The SMILES string of the molecule is O=C(O)C1CCCC1C(=O)c1ccc(-c2ccc(Nc3nc4cc(C(F)(F)F)ccc4o3)c(F)c2)cc1. The molecule has 1 aromatic heterocycles. The zero-order valence-corrected chi connectivity index (χ0v) is 19.2. The molecule has 0 radical (unpaired) electrons.